The van der Waals surface area contributed by atoms with Crippen LogP contribution in [-0.2, 0) is 16.1 Å². The SMILES string of the molecule is CC(C)(C)OC(=O)N1CC[C@H](NC(=O)OCc2ccccc2)[C@@H](N=[N+]=[N-])C1. The molecular weight excluding hydrogens is 350 g/mol. The Morgan fingerprint density at radius 3 is 2.67 bits per heavy atom. The van der Waals surface area contributed by atoms with Crippen LogP contribution < -0.4 is 5.32 Å². The van der Waals surface area contributed by atoms with Gasteiger partial charge in [0.2, 0.25) is 0 Å². The molecule has 0 radical (unpaired) electrons. The highest BCUT2D eigenvalue weighted by Crippen LogP contribution is 2.18. The van der Waals surface area contributed by atoms with Crippen molar-refractivity contribution < 1.29 is 19.1 Å². The minimum atomic E-state index is -0.610. The molecule has 1 saturated heterocycles. The van der Waals surface area contributed by atoms with Crippen molar-refractivity contribution in [2.75, 3.05) is 13.1 Å². The Labute approximate surface area is 158 Å². The van der Waals surface area contributed by atoms with Gasteiger partial charge in [-0.2, -0.15) is 0 Å². The lowest BCUT2D eigenvalue weighted by Gasteiger charge is -2.37. The topological polar surface area (TPSA) is 117 Å². The summed E-state index contributed by atoms with van der Waals surface area (Å²) in [5, 5.41) is 6.45. The molecule has 2 amide bonds. The Morgan fingerprint density at radius 1 is 1.33 bits per heavy atom. The summed E-state index contributed by atoms with van der Waals surface area (Å²) >= 11 is 0. The normalized spacial score (nSPS) is 19.6. The van der Waals surface area contributed by atoms with E-state index in [-0.39, 0.29) is 13.2 Å². The second-order valence-corrected chi connectivity index (χ2v) is 7.30. The van der Waals surface area contributed by atoms with Crippen molar-refractivity contribution in [2.45, 2.75) is 51.5 Å². The van der Waals surface area contributed by atoms with Gasteiger partial charge in [-0.15, -0.1) is 0 Å². The van der Waals surface area contributed by atoms with Gasteiger partial charge in [0.05, 0.1) is 6.04 Å². The van der Waals surface area contributed by atoms with Crippen molar-refractivity contribution >= 4 is 12.2 Å². The molecule has 1 heterocycles. The fourth-order valence-corrected chi connectivity index (χ4v) is 2.69. The number of ether oxygens (including phenoxy) is 2. The van der Waals surface area contributed by atoms with E-state index in [4.69, 9.17) is 15.0 Å². The van der Waals surface area contributed by atoms with Crippen molar-refractivity contribution in [1.29, 1.82) is 0 Å². The average Bonchev–Trinajstić information content (AvgIpc) is 2.61. The van der Waals surface area contributed by atoms with Crippen LogP contribution >= 0.6 is 0 Å². The number of carbonyl (C=O) groups is 2. The monoisotopic (exact) mass is 375 g/mol. The molecule has 1 fully saturated rings. The Balaban J connectivity index is 1.90. The van der Waals surface area contributed by atoms with Crippen LogP contribution in [-0.4, -0.2) is 47.9 Å². The van der Waals surface area contributed by atoms with E-state index in [2.05, 4.69) is 15.3 Å². The van der Waals surface area contributed by atoms with Crippen LogP contribution in [0, 0.1) is 0 Å². The maximum atomic E-state index is 12.2. The molecule has 1 aliphatic rings. The zero-order chi connectivity index (χ0) is 19.9. The maximum Gasteiger partial charge on any atom is 0.410 e. The van der Waals surface area contributed by atoms with Gasteiger partial charge < -0.3 is 19.7 Å². The molecule has 1 aromatic rings. The van der Waals surface area contributed by atoms with E-state index in [1.807, 2.05) is 30.3 Å². The summed E-state index contributed by atoms with van der Waals surface area (Å²) in [6.45, 7) is 6.06. The van der Waals surface area contributed by atoms with E-state index in [1.165, 1.54) is 4.90 Å². The molecule has 0 saturated carbocycles. The number of azide groups is 1. The third-order valence-corrected chi connectivity index (χ3v) is 3.95. The van der Waals surface area contributed by atoms with Crippen molar-refractivity contribution in [2.24, 2.45) is 5.11 Å². The molecule has 1 aliphatic heterocycles. The summed E-state index contributed by atoms with van der Waals surface area (Å²) < 4.78 is 10.6. The van der Waals surface area contributed by atoms with Crippen LogP contribution in [0.15, 0.2) is 35.4 Å². The lowest BCUT2D eigenvalue weighted by atomic mass is 10.0. The number of amides is 2. The van der Waals surface area contributed by atoms with Crippen LogP contribution in [0.25, 0.3) is 10.4 Å². The van der Waals surface area contributed by atoms with Gasteiger partial charge in [-0.1, -0.05) is 35.4 Å². The van der Waals surface area contributed by atoms with Crippen molar-refractivity contribution in [3.05, 3.63) is 46.3 Å². The Hall–Kier alpha value is -2.93. The highest BCUT2D eigenvalue weighted by Gasteiger charge is 2.34. The first-order valence-electron chi connectivity index (χ1n) is 8.78. The zero-order valence-corrected chi connectivity index (χ0v) is 15.8. The third-order valence-electron chi connectivity index (χ3n) is 3.95. The number of nitrogens with one attached hydrogen (secondary N) is 1. The molecule has 0 bridgehead atoms. The summed E-state index contributed by atoms with van der Waals surface area (Å²) in [5.41, 5.74) is 9.08. The van der Waals surface area contributed by atoms with E-state index in [1.54, 1.807) is 20.8 Å². The average molecular weight is 375 g/mol. The number of alkyl carbamates (subject to hydrolysis) is 1. The Morgan fingerprint density at radius 2 is 2.04 bits per heavy atom. The molecule has 2 rings (SSSR count). The molecule has 0 unspecified atom stereocenters. The van der Waals surface area contributed by atoms with Crippen molar-refractivity contribution in [3.63, 3.8) is 0 Å². The number of benzene rings is 1. The van der Waals surface area contributed by atoms with Crippen LogP contribution in [0.1, 0.15) is 32.8 Å². The first kappa shape index (κ1) is 20.4. The second-order valence-electron chi connectivity index (χ2n) is 7.30. The summed E-state index contributed by atoms with van der Waals surface area (Å²) in [5.74, 6) is 0. The summed E-state index contributed by atoms with van der Waals surface area (Å²) in [6.07, 6.45) is -0.623. The van der Waals surface area contributed by atoms with E-state index in [0.717, 1.165) is 5.56 Å². The fraction of sp³-hybridized carbons (Fsp3) is 0.556. The van der Waals surface area contributed by atoms with Gasteiger partial charge in [0.1, 0.15) is 12.2 Å². The lowest BCUT2D eigenvalue weighted by molar-refractivity contribution is 0.0178. The second kappa shape index (κ2) is 9.14. The van der Waals surface area contributed by atoms with E-state index in [9.17, 15) is 9.59 Å². The van der Waals surface area contributed by atoms with Crippen molar-refractivity contribution in [3.8, 4) is 0 Å². The predicted molar refractivity (Wildman–Crippen MR) is 98.9 cm³/mol. The predicted octanol–water partition coefficient (Wildman–Crippen LogP) is 3.60. The molecule has 0 aliphatic carbocycles. The largest absolute Gasteiger partial charge is 0.445 e. The maximum absolute atomic E-state index is 12.2. The van der Waals surface area contributed by atoms with Crippen LogP contribution in [0.5, 0.6) is 0 Å². The van der Waals surface area contributed by atoms with Crippen LogP contribution in [0.3, 0.4) is 0 Å². The van der Waals surface area contributed by atoms with Gasteiger partial charge in [0.15, 0.2) is 0 Å². The number of likely N-dealkylation sites (tertiary alicyclic amines) is 1. The van der Waals surface area contributed by atoms with Crippen LogP contribution in [0.4, 0.5) is 9.59 Å². The molecule has 9 heteroatoms. The first-order valence-corrected chi connectivity index (χ1v) is 8.78. The molecule has 27 heavy (non-hydrogen) atoms. The van der Waals surface area contributed by atoms with Gasteiger partial charge in [-0.05, 0) is 38.3 Å². The molecule has 1 N–H and O–H groups in total. The molecule has 0 aromatic heterocycles. The Bertz CT molecular complexity index is 697. The summed E-state index contributed by atoms with van der Waals surface area (Å²) in [4.78, 5) is 28.6. The number of carbonyl (C=O) groups excluding carboxylic acids is 2. The van der Waals surface area contributed by atoms with Gasteiger partial charge in [-0.25, -0.2) is 9.59 Å². The number of hydrogen-bond donors (Lipinski definition) is 1. The van der Waals surface area contributed by atoms with Gasteiger partial charge in [0.25, 0.3) is 0 Å². The number of nitrogens with zero attached hydrogens (tertiary/aromatic N) is 4. The van der Waals surface area contributed by atoms with E-state index in [0.29, 0.717) is 13.0 Å². The summed E-state index contributed by atoms with van der Waals surface area (Å²) in [7, 11) is 0. The molecular formula is C18H25N5O4. The minimum Gasteiger partial charge on any atom is -0.445 e. The molecule has 1 aromatic carbocycles. The summed E-state index contributed by atoms with van der Waals surface area (Å²) in [6, 6.07) is 8.31. The van der Waals surface area contributed by atoms with Crippen molar-refractivity contribution in [1.82, 2.24) is 10.2 Å². The number of piperidine rings is 1. The quantitative estimate of drug-likeness (QED) is 0.491. The van der Waals surface area contributed by atoms with E-state index >= 15 is 0 Å². The molecule has 0 spiro atoms. The minimum absolute atomic E-state index is 0.148. The number of rotatable bonds is 4. The smallest absolute Gasteiger partial charge is 0.410 e. The molecule has 9 nitrogen and oxygen atoms in total. The molecule has 2 atom stereocenters. The highest BCUT2D eigenvalue weighted by atomic mass is 16.6. The first-order chi connectivity index (χ1) is 12.8. The standard InChI is InChI=1S/C18H25N5O4/c1-18(2,3)27-17(25)23-10-9-14(15(11-23)21-22-19)20-16(24)26-12-13-7-5-4-6-8-13/h4-8,14-15H,9-12H2,1-3H3,(H,20,24)/t14-,15-/m0/s1. The van der Waals surface area contributed by atoms with Crippen LogP contribution in [0.2, 0.25) is 0 Å². The number of hydrogen-bond acceptors (Lipinski definition) is 5. The van der Waals surface area contributed by atoms with Gasteiger partial charge in [-0.3, -0.25) is 0 Å². The van der Waals surface area contributed by atoms with E-state index < -0.39 is 29.9 Å². The van der Waals surface area contributed by atoms with Gasteiger partial charge >= 0.3 is 12.2 Å². The fourth-order valence-electron chi connectivity index (χ4n) is 2.69. The highest BCUT2D eigenvalue weighted by molar-refractivity contribution is 5.69. The lowest BCUT2D eigenvalue weighted by Crippen LogP contribution is -2.55. The van der Waals surface area contributed by atoms with Gasteiger partial charge in [0, 0.05) is 24.0 Å². The third kappa shape index (κ3) is 6.71. The Kier molecular flexibility index (Phi) is 6.90. The molecule has 146 valence electrons. The zero-order valence-electron chi connectivity index (χ0n) is 15.8.